The Labute approximate surface area is 222 Å². The average molecular weight is 515 g/mol. The third-order valence-electron chi connectivity index (χ3n) is 7.34. The highest BCUT2D eigenvalue weighted by atomic mass is 35.5. The number of nitrogens with one attached hydrogen (secondary N) is 2. The van der Waals surface area contributed by atoms with Crippen LogP contribution in [0.25, 0.3) is 0 Å². The molecule has 0 radical (unpaired) electrons. The first-order valence-corrected chi connectivity index (χ1v) is 14.0. The van der Waals surface area contributed by atoms with Gasteiger partial charge >= 0.3 is 0 Å². The summed E-state index contributed by atoms with van der Waals surface area (Å²) in [4.78, 5) is 32.5. The molecule has 2 fully saturated rings. The molecule has 1 unspecified atom stereocenters. The van der Waals surface area contributed by atoms with Gasteiger partial charge in [-0.3, -0.25) is 19.5 Å². The van der Waals surface area contributed by atoms with Crippen LogP contribution in [0.3, 0.4) is 0 Å². The molecule has 1 aromatic carbocycles. The fourth-order valence-corrected chi connectivity index (χ4v) is 5.47. The third kappa shape index (κ3) is 9.70. The molecule has 1 aromatic rings. The van der Waals surface area contributed by atoms with Gasteiger partial charge in [0.2, 0.25) is 11.8 Å². The first-order valence-electron chi connectivity index (χ1n) is 13.6. The molecule has 1 aliphatic carbocycles. The van der Waals surface area contributed by atoms with Crippen molar-refractivity contribution in [1.82, 2.24) is 15.5 Å². The quantitative estimate of drug-likeness (QED) is 0.276. The second-order valence-corrected chi connectivity index (χ2v) is 11.0. The molecule has 1 saturated carbocycles. The summed E-state index contributed by atoms with van der Waals surface area (Å²) in [6.45, 7) is 11.1. The maximum atomic E-state index is 12.9. The second-order valence-electron chi connectivity index (χ2n) is 10.6. The molecule has 1 saturated heterocycles. The van der Waals surface area contributed by atoms with Gasteiger partial charge in [0.05, 0.1) is 5.69 Å². The average Bonchev–Trinajstić information content (AvgIpc) is 3.36. The van der Waals surface area contributed by atoms with Crippen LogP contribution in [-0.4, -0.2) is 54.6 Å². The molecule has 36 heavy (non-hydrogen) atoms. The molecule has 2 N–H and O–H groups in total. The molecule has 0 spiro atoms. The number of hydrogen-bond acceptors (Lipinski definition) is 4. The van der Waals surface area contributed by atoms with Crippen molar-refractivity contribution >= 4 is 34.8 Å². The first kappa shape index (κ1) is 28.4. The van der Waals surface area contributed by atoms with Crippen LogP contribution in [0, 0.1) is 12.8 Å². The molecular weight excluding hydrogens is 472 g/mol. The van der Waals surface area contributed by atoms with E-state index in [4.69, 9.17) is 11.6 Å². The van der Waals surface area contributed by atoms with Crippen molar-refractivity contribution in [2.75, 3.05) is 26.2 Å². The van der Waals surface area contributed by atoms with Gasteiger partial charge in [-0.25, -0.2) is 0 Å². The van der Waals surface area contributed by atoms with Gasteiger partial charge in [0.25, 0.3) is 0 Å². The monoisotopic (exact) mass is 514 g/mol. The Kier molecular flexibility index (Phi) is 11.5. The van der Waals surface area contributed by atoms with Gasteiger partial charge in [0, 0.05) is 41.9 Å². The lowest BCUT2D eigenvalue weighted by atomic mass is 9.84. The summed E-state index contributed by atoms with van der Waals surface area (Å²) in [6, 6.07) is 5.56. The summed E-state index contributed by atoms with van der Waals surface area (Å²) < 4.78 is 0. The van der Waals surface area contributed by atoms with E-state index in [2.05, 4.69) is 27.1 Å². The number of benzene rings is 1. The third-order valence-corrected chi connectivity index (χ3v) is 7.57. The number of likely N-dealkylation sites (tertiary alicyclic amines) is 1. The minimum Gasteiger partial charge on any atom is -0.352 e. The Balaban J connectivity index is 1.51. The summed E-state index contributed by atoms with van der Waals surface area (Å²) in [5, 5.41) is 6.94. The van der Waals surface area contributed by atoms with Gasteiger partial charge in [-0.05, 0) is 82.3 Å². The second kappa shape index (κ2) is 14.5. The molecule has 7 heteroatoms. The molecule has 1 atom stereocenters. The van der Waals surface area contributed by atoms with E-state index < -0.39 is 0 Å². The van der Waals surface area contributed by atoms with Crippen LogP contribution < -0.4 is 10.6 Å². The SMILES string of the molecule is C=C(CN1CCCC1)C(=O)NCC(CC1CCCCC1)NC(=O)CCC(C)=Nc1ccc(Cl)cc1C. The van der Waals surface area contributed by atoms with Crippen LogP contribution in [0.5, 0.6) is 0 Å². The van der Waals surface area contributed by atoms with E-state index in [0.717, 1.165) is 36.5 Å². The zero-order valence-electron chi connectivity index (χ0n) is 22.1. The molecule has 0 aromatic heterocycles. The van der Waals surface area contributed by atoms with Crippen LogP contribution in [0.2, 0.25) is 5.02 Å². The van der Waals surface area contributed by atoms with Crippen molar-refractivity contribution in [3.63, 3.8) is 0 Å². The fourth-order valence-electron chi connectivity index (χ4n) is 5.24. The Bertz CT molecular complexity index is 933. The molecule has 2 amide bonds. The number of carbonyl (C=O) groups excluding carboxylic acids is 2. The van der Waals surface area contributed by atoms with Crippen LogP contribution in [0.15, 0.2) is 35.3 Å². The largest absolute Gasteiger partial charge is 0.352 e. The van der Waals surface area contributed by atoms with Crippen molar-refractivity contribution < 1.29 is 9.59 Å². The number of aliphatic imine (C=N–C) groups is 1. The number of carbonyl (C=O) groups is 2. The van der Waals surface area contributed by atoms with Gasteiger partial charge in [0.1, 0.15) is 0 Å². The maximum Gasteiger partial charge on any atom is 0.247 e. The van der Waals surface area contributed by atoms with Crippen LogP contribution in [0.1, 0.15) is 76.7 Å². The van der Waals surface area contributed by atoms with E-state index >= 15 is 0 Å². The summed E-state index contributed by atoms with van der Waals surface area (Å²) >= 11 is 6.04. The van der Waals surface area contributed by atoms with Crippen LogP contribution in [0.4, 0.5) is 5.69 Å². The lowest BCUT2D eigenvalue weighted by Crippen LogP contribution is -2.45. The lowest BCUT2D eigenvalue weighted by Gasteiger charge is -2.27. The minimum atomic E-state index is -0.105. The minimum absolute atomic E-state index is 0.00308. The van der Waals surface area contributed by atoms with Crippen molar-refractivity contribution in [3.05, 3.63) is 40.9 Å². The number of nitrogens with zero attached hydrogens (tertiary/aromatic N) is 2. The molecule has 198 valence electrons. The molecule has 2 aliphatic rings. The summed E-state index contributed by atoms with van der Waals surface area (Å²) in [5.41, 5.74) is 3.40. The van der Waals surface area contributed by atoms with Crippen molar-refractivity contribution in [1.29, 1.82) is 0 Å². The van der Waals surface area contributed by atoms with Gasteiger partial charge < -0.3 is 10.6 Å². The lowest BCUT2D eigenvalue weighted by molar-refractivity contribution is -0.122. The van der Waals surface area contributed by atoms with E-state index in [9.17, 15) is 9.59 Å². The van der Waals surface area contributed by atoms with Gasteiger partial charge in [0.15, 0.2) is 0 Å². The van der Waals surface area contributed by atoms with Gasteiger partial charge in [-0.15, -0.1) is 0 Å². The smallest absolute Gasteiger partial charge is 0.247 e. The van der Waals surface area contributed by atoms with Gasteiger partial charge in [-0.1, -0.05) is 50.3 Å². The predicted octanol–water partition coefficient (Wildman–Crippen LogP) is 5.74. The molecule has 0 bridgehead atoms. The standard InChI is InChI=1S/C29H43ClN4O2/c1-21-17-25(30)12-13-27(21)32-23(3)11-14-28(35)33-26(18-24-9-5-4-6-10-24)19-31-29(36)22(2)20-34-15-7-8-16-34/h12-13,17,24,26H,2,4-11,14-16,18-20H2,1,3H3,(H,31,36)(H,33,35). The molecule has 1 heterocycles. The normalized spacial score (nSPS) is 18.1. The van der Waals surface area contributed by atoms with Gasteiger partial charge in [-0.2, -0.15) is 0 Å². The number of hydrogen-bond donors (Lipinski definition) is 2. The van der Waals surface area contributed by atoms with E-state index in [0.29, 0.717) is 42.4 Å². The van der Waals surface area contributed by atoms with E-state index in [1.165, 1.54) is 44.9 Å². The topological polar surface area (TPSA) is 73.8 Å². The zero-order chi connectivity index (χ0) is 25.9. The number of rotatable bonds is 12. The molecule has 6 nitrogen and oxygen atoms in total. The Hall–Kier alpha value is -2.18. The highest BCUT2D eigenvalue weighted by molar-refractivity contribution is 6.30. The van der Waals surface area contributed by atoms with E-state index in [1.54, 1.807) is 0 Å². The highest BCUT2D eigenvalue weighted by Gasteiger charge is 2.22. The van der Waals surface area contributed by atoms with Crippen molar-refractivity contribution in [3.8, 4) is 0 Å². The predicted molar refractivity (Wildman–Crippen MR) is 149 cm³/mol. The first-order chi connectivity index (χ1) is 17.3. The Morgan fingerprint density at radius 2 is 1.86 bits per heavy atom. The van der Waals surface area contributed by atoms with Crippen LogP contribution >= 0.6 is 11.6 Å². The molecule has 1 aliphatic heterocycles. The number of amides is 2. The molecular formula is C29H43ClN4O2. The van der Waals surface area contributed by atoms with E-state index in [-0.39, 0.29) is 17.9 Å². The van der Waals surface area contributed by atoms with Crippen LogP contribution in [-0.2, 0) is 9.59 Å². The summed E-state index contributed by atoms with van der Waals surface area (Å²) in [6.07, 6.45) is 10.5. The number of aryl methyl sites for hydroxylation is 1. The molecule has 3 rings (SSSR count). The van der Waals surface area contributed by atoms with Crippen molar-refractivity contribution in [2.45, 2.75) is 84.1 Å². The van der Waals surface area contributed by atoms with E-state index in [1.807, 2.05) is 32.0 Å². The fraction of sp³-hybridized carbons (Fsp3) is 0.621. The summed E-state index contributed by atoms with van der Waals surface area (Å²) in [5.74, 6) is 0.499. The Morgan fingerprint density at radius 3 is 2.56 bits per heavy atom. The Morgan fingerprint density at radius 1 is 1.14 bits per heavy atom. The zero-order valence-corrected chi connectivity index (χ0v) is 22.8. The summed E-state index contributed by atoms with van der Waals surface area (Å²) in [7, 11) is 0. The highest BCUT2D eigenvalue weighted by Crippen LogP contribution is 2.27. The maximum absolute atomic E-state index is 12.9. The van der Waals surface area contributed by atoms with Crippen molar-refractivity contribution in [2.24, 2.45) is 10.9 Å². The number of halogens is 1.